The summed E-state index contributed by atoms with van der Waals surface area (Å²) in [5, 5.41) is 20.9. The van der Waals surface area contributed by atoms with Crippen LogP contribution in [0.1, 0.15) is 82.8 Å². The van der Waals surface area contributed by atoms with Gasteiger partial charge in [0.2, 0.25) is 41.4 Å². The molecule has 0 saturated carbocycles. The Morgan fingerprint density at radius 3 is 1.48 bits per heavy atom. The number of rotatable bonds is 2. The number of esters is 1. The third-order valence-electron chi connectivity index (χ3n) is 13.8. The van der Waals surface area contributed by atoms with E-state index in [0.29, 0.717) is 33.2 Å². The lowest BCUT2D eigenvalue weighted by Crippen LogP contribution is -2.50. The maximum Gasteiger partial charge on any atom is 0.333 e. The highest BCUT2D eigenvalue weighted by Crippen LogP contribution is 2.47. The molecule has 3 aliphatic rings. The van der Waals surface area contributed by atoms with E-state index in [1.54, 1.807) is 34.1 Å². The molecule has 3 heterocycles. The number of benzene rings is 4. The number of anilines is 3. The second-order valence-corrected chi connectivity index (χ2v) is 20.4. The predicted octanol–water partition coefficient (Wildman–Crippen LogP) is 3.13. The molecule has 0 radical (unpaired) electrons. The lowest BCUT2D eigenvalue weighted by Gasteiger charge is -2.22. The van der Waals surface area contributed by atoms with E-state index in [1.165, 1.54) is 27.7 Å². The number of hydrogen-bond donors (Lipinski definition) is 7. The Balaban J connectivity index is 1.07. The van der Waals surface area contributed by atoms with E-state index in [4.69, 9.17) is 37.4 Å². The largest absolute Gasteiger partial charge is 0.424 e. The molecule has 0 spiro atoms. The molecular formula is C57H65Cl2N9O13. The first kappa shape index (κ1) is 60.8. The zero-order chi connectivity index (χ0) is 58.3. The Bertz CT molecular complexity index is 2960. The molecule has 22 nitrogen and oxygen atoms in total. The van der Waals surface area contributed by atoms with Gasteiger partial charge in [0.25, 0.3) is 11.8 Å². The van der Waals surface area contributed by atoms with Crippen LogP contribution in [0.3, 0.4) is 0 Å². The number of nitrogens with zero attached hydrogens (tertiary/aromatic N) is 2. The summed E-state index contributed by atoms with van der Waals surface area (Å²) in [5.74, 6) is -1.48. The van der Waals surface area contributed by atoms with Crippen molar-refractivity contribution in [1.82, 2.24) is 31.9 Å². The molecule has 9 amide bonds. The Morgan fingerprint density at radius 1 is 0.531 bits per heavy atom. The van der Waals surface area contributed by atoms with Gasteiger partial charge in [-0.1, -0.05) is 48.5 Å². The van der Waals surface area contributed by atoms with E-state index in [0.717, 1.165) is 16.5 Å². The van der Waals surface area contributed by atoms with Gasteiger partial charge in [0.1, 0.15) is 29.9 Å². The van der Waals surface area contributed by atoms with E-state index in [9.17, 15) is 47.9 Å². The maximum absolute atomic E-state index is 14.3. The molecule has 3 aliphatic heterocycles. The number of amides is 9. The van der Waals surface area contributed by atoms with E-state index in [-0.39, 0.29) is 126 Å². The van der Waals surface area contributed by atoms with Crippen LogP contribution >= 0.6 is 23.2 Å². The minimum absolute atomic E-state index is 0.00880. The van der Waals surface area contributed by atoms with Gasteiger partial charge >= 0.3 is 5.97 Å². The molecule has 0 aliphatic carbocycles. The van der Waals surface area contributed by atoms with E-state index in [2.05, 4.69) is 49.1 Å². The number of carbonyl (C=O) groups is 10. The van der Waals surface area contributed by atoms with Gasteiger partial charge in [0.05, 0.1) is 37.8 Å². The molecule has 0 aromatic heterocycles. The Hall–Kier alpha value is -7.84. The molecule has 4 aromatic carbocycles. The summed E-state index contributed by atoms with van der Waals surface area (Å²) in [4.78, 5) is 135. The number of fused-ring (bicyclic) bond motifs is 8. The van der Waals surface area contributed by atoms with Gasteiger partial charge in [0.15, 0.2) is 0 Å². The second kappa shape index (κ2) is 28.5. The van der Waals surface area contributed by atoms with E-state index >= 15 is 0 Å². The number of alkyl halides is 2. The quantitative estimate of drug-likeness (QED) is 0.0659. The summed E-state index contributed by atoms with van der Waals surface area (Å²) >= 11 is 13.1. The molecule has 0 fully saturated rings. The molecule has 7 rings (SSSR count). The van der Waals surface area contributed by atoms with Crippen molar-refractivity contribution in [2.24, 2.45) is 0 Å². The van der Waals surface area contributed by atoms with Crippen LogP contribution in [-0.2, 0) is 57.4 Å². The lowest BCUT2D eigenvalue weighted by atomic mass is 9.95. The van der Waals surface area contributed by atoms with Crippen molar-refractivity contribution in [2.45, 2.75) is 95.8 Å². The summed E-state index contributed by atoms with van der Waals surface area (Å²) < 4.78 is 16.8. The first-order valence-corrected chi connectivity index (χ1v) is 27.7. The maximum atomic E-state index is 14.3. The fourth-order valence-corrected chi connectivity index (χ4v) is 10.1. The topological polar surface area (TPSA) is 289 Å². The fourth-order valence-electron chi connectivity index (χ4n) is 9.64. The van der Waals surface area contributed by atoms with Crippen molar-refractivity contribution in [3.05, 3.63) is 71.8 Å². The van der Waals surface area contributed by atoms with Gasteiger partial charge in [-0.15, -0.1) is 23.2 Å². The van der Waals surface area contributed by atoms with Gasteiger partial charge < -0.3 is 61.2 Å². The predicted molar refractivity (Wildman–Crippen MR) is 303 cm³/mol. The number of halogens is 2. The van der Waals surface area contributed by atoms with Crippen LogP contribution in [0.4, 0.5) is 17.1 Å². The van der Waals surface area contributed by atoms with Gasteiger partial charge in [-0.25, -0.2) is 4.79 Å². The fraction of sp³-hybridized carbons (Fsp3) is 0.439. The monoisotopic (exact) mass is 1150 g/mol. The normalized spacial score (nSPS) is 23.5. The third kappa shape index (κ3) is 15.5. The Kier molecular flexibility index (Phi) is 21.4. The van der Waals surface area contributed by atoms with Gasteiger partial charge in [0, 0.05) is 110 Å². The van der Waals surface area contributed by atoms with Crippen molar-refractivity contribution in [3.63, 3.8) is 0 Å². The first-order valence-electron chi connectivity index (χ1n) is 26.7. The average molecular weight is 1160 g/mol. The number of nitrogens with one attached hydrogen (secondary N) is 7. The minimum atomic E-state index is -1.18. The first-order chi connectivity index (χ1) is 38.9. The third-order valence-corrected chi connectivity index (χ3v) is 14.6. The van der Waals surface area contributed by atoms with Crippen molar-refractivity contribution in [2.75, 3.05) is 79.5 Å². The second-order valence-electron chi connectivity index (χ2n) is 19.8. The number of carbonyl (C=O) groups excluding carboxylic acids is 10. The molecule has 4 aromatic rings. The highest BCUT2D eigenvalue weighted by atomic mass is 35.5. The Morgan fingerprint density at radius 2 is 0.975 bits per heavy atom. The molecule has 81 heavy (non-hydrogen) atoms. The average Bonchev–Trinajstić information content (AvgIpc) is 4.28. The molecule has 4 unspecified atom stereocenters. The molecule has 4 bridgehead atoms. The molecule has 24 heteroatoms. The molecule has 6 atom stereocenters. The van der Waals surface area contributed by atoms with Crippen LogP contribution in [0.2, 0.25) is 0 Å². The van der Waals surface area contributed by atoms with Gasteiger partial charge in [-0.3, -0.25) is 43.2 Å². The smallest absolute Gasteiger partial charge is 0.333 e. The van der Waals surface area contributed by atoms with Gasteiger partial charge in [-0.05, 0) is 62.1 Å². The highest BCUT2D eigenvalue weighted by Gasteiger charge is 2.37. The van der Waals surface area contributed by atoms with Crippen LogP contribution in [0.5, 0.6) is 5.75 Å². The van der Waals surface area contributed by atoms with Crippen LogP contribution < -0.4 is 51.8 Å². The van der Waals surface area contributed by atoms with Crippen LogP contribution in [-0.4, -0.2) is 148 Å². The van der Waals surface area contributed by atoms with Gasteiger partial charge in [-0.2, -0.15) is 0 Å². The Labute approximate surface area is 477 Å². The zero-order valence-electron chi connectivity index (χ0n) is 45.3. The summed E-state index contributed by atoms with van der Waals surface area (Å²) in [6, 6.07) is 13.6. The van der Waals surface area contributed by atoms with Crippen molar-refractivity contribution in [3.8, 4) is 17.6 Å². The van der Waals surface area contributed by atoms with Crippen LogP contribution in [0, 0.1) is 11.8 Å². The van der Waals surface area contributed by atoms with E-state index < -0.39 is 71.5 Å². The molecule has 7 N–H and O–H groups in total. The van der Waals surface area contributed by atoms with Crippen molar-refractivity contribution < 1.29 is 62.2 Å². The summed E-state index contributed by atoms with van der Waals surface area (Å²) in [7, 11) is 0. The highest BCUT2D eigenvalue weighted by molar-refractivity contribution is 6.20. The van der Waals surface area contributed by atoms with E-state index in [1.807, 2.05) is 36.4 Å². The minimum Gasteiger partial charge on any atom is -0.424 e. The van der Waals surface area contributed by atoms with Crippen LogP contribution in [0.25, 0.3) is 21.5 Å². The standard InChI is InChI=1S/C57H65Cl2N9O13/c1-32-54(75)64-34(3)56(77)66-42-26-43-52(40-12-7-5-10-38(40)42)36(28-58)30-67(43)50(73)14-9-15-51(74)68-31-37(29-59)53-41-13-8-6-11-39(41)45(27-44(53)68)81-57(78)35(4)65-55(76)33(2)63-49(72)19-23-80-25-21-61-47(70)17-16-46(69)60-20-24-79-22-18-48(71)62-32/h5-8,10-13,26-27,32-37H,9,14-15,18-25,28-31H2,1-4H3,(H,60,69)(H,61,70)(H,62,71)(H,63,72)(H,64,75)(H,65,76)(H,66,77)/t32?,33?,34?,35?,36-,37-/m1/s1. The summed E-state index contributed by atoms with van der Waals surface area (Å²) in [6.45, 7) is 6.28. The molecule has 0 saturated heterocycles. The summed E-state index contributed by atoms with van der Waals surface area (Å²) in [6.07, 6.45) is -0.119. The zero-order valence-corrected chi connectivity index (χ0v) is 46.8. The van der Waals surface area contributed by atoms with Crippen molar-refractivity contribution >= 4 is 121 Å². The summed E-state index contributed by atoms with van der Waals surface area (Å²) in [5.41, 5.74) is 3.04. The van der Waals surface area contributed by atoms with Crippen molar-refractivity contribution in [1.29, 1.82) is 0 Å². The molecule has 430 valence electrons. The van der Waals surface area contributed by atoms with Crippen LogP contribution in [0.15, 0.2) is 60.7 Å². The number of hydrogen-bond acceptors (Lipinski definition) is 13. The SMILES string of the molecule is CC1NC(=O)CCOCCNC(=O)C#CC(=O)NCCOCCC(=O)NC(C)C(=O)NC(C)C(=O)Oc2cc3c(c4ccccc24)[C@H](CCl)CN3C(=O)CCCC(=O)N2C[C@@H](CCl)c3c2cc(c2ccccc32)NC(=O)C(C)NC1=O. The number of ether oxygens (including phenoxy) is 3. The lowest BCUT2D eigenvalue weighted by molar-refractivity contribution is -0.139. The molecular weight excluding hydrogens is 1090 g/mol.